The second kappa shape index (κ2) is 12.8. The second-order valence-electron chi connectivity index (χ2n) is 9.74. The van der Waals surface area contributed by atoms with Crippen LogP contribution in [0.2, 0.25) is 0 Å². The summed E-state index contributed by atoms with van der Waals surface area (Å²) in [5.41, 5.74) is -0.0371. The Morgan fingerprint density at radius 1 is 1.05 bits per heavy atom. The number of hydrogen-bond donors (Lipinski definition) is 2. The molecule has 0 heterocycles. The third-order valence-corrected chi connectivity index (χ3v) is 6.38. The highest BCUT2D eigenvalue weighted by Gasteiger charge is 2.27. The van der Waals surface area contributed by atoms with Gasteiger partial charge in [-0.25, -0.2) is 14.1 Å². The SMILES string of the molecule is COc1ccc(COc2ccccc2S(N)(=O)=NC(=O)[C@H](CC(C)C)NC(=O)OC(C)(C)C)c(OC)c1. The van der Waals surface area contributed by atoms with Gasteiger partial charge in [0.15, 0.2) is 0 Å². The van der Waals surface area contributed by atoms with Gasteiger partial charge in [-0.3, -0.25) is 4.79 Å². The standard InChI is InChI=1S/C26H37N3O7S/c1-17(2)14-20(28-25(31)36-26(3,4)5)24(30)29-37(27,32)23-11-9-8-10-21(23)35-16-18-12-13-19(33-6)15-22(18)34-7/h8-13,15,17,20H,14,16H2,1-7H3,(H,28,31)(H2,27,29,30,32)/t20-,37?/m0/s1. The van der Waals surface area contributed by atoms with E-state index in [0.29, 0.717) is 17.1 Å². The molecule has 0 aliphatic heterocycles. The van der Waals surface area contributed by atoms with E-state index in [1.807, 2.05) is 13.8 Å². The third-order valence-electron chi connectivity index (χ3n) is 4.96. The van der Waals surface area contributed by atoms with Crippen LogP contribution in [0.5, 0.6) is 17.2 Å². The lowest BCUT2D eigenvalue weighted by Gasteiger charge is -2.23. The minimum Gasteiger partial charge on any atom is -0.497 e. The fourth-order valence-corrected chi connectivity index (χ4v) is 4.51. The Bertz CT molecular complexity index is 1210. The van der Waals surface area contributed by atoms with Gasteiger partial charge < -0.3 is 24.3 Å². The molecule has 10 nitrogen and oxygen atoms in total. The van der Waals surface area contributed by atoms with Crippen molar-refractivity contribution in [1.29, 1.82) is 0 Å². The minimum atomic E-state index is -3.72. The zero-order valence-corrected chi connectivity index (χ0v) is 23.2. The first-order chi connectivity index (χ1) is 17.3. The van der Waals surface area contributed by atoms with Crippen LogP contribution in [0, 0.1) is 5.92 Å². The molecule has 0 aliphatic rings. The summed E-state index contributed by atoms with van der Waals surface area (Å²) in [6, 6.07) is 10.6. The molecular formula is C26H37N3O7S. The van der Waals surface area contributed by atoms with Crippen molar-refractivity contribution in [3.8, 4) is 17.2 Å². The number of alkyl carbamates (subject to hydrolysis) is 1. The van der Waals surface area contributed by atoms with Crippen molar-refractivity contribution in [2.45, 2.75) is 64.2 Å². The molecule has 3 N–H and O–H groups in total. The van der Waals surface area contributed by atoms with Crippen LogP contribution in [0.4, 0.5) is 4.79 Å². The highest BCUT2D eigenvalue weighted by Crippen LogP contribution is 2.29. The number of carbonyl (C=O) groups excluding carboxylic acids is 2. The normalized spacial score (nSPS) is 13.8. The van der Waals surface area contributed by atoms with Crippen LogP contribution in [0.15, 0.2) is 51.7 Å². The summed E-state index contributed by atoms with van der Waals surface area (Å²) < 4.78 is 39.1. The van der Waals surface area contributed by atoms with Gasteiger partial charge in [0.05, 0.1) is 14.2 Å². The van der Waals surface area contributed by atoms with Gasteiger partial charge in [-0.2, -0.15) is 0 Å². The van der Waals surface area contributed by atoms with Crippen molar-refractivity contribution in [3.05, 3.63) is 48.0 Å². The zero-order valence-electron chi connectivity index (χ0n) is 22.4. The molecule has 0 aliphatic carbocycles. The summed E-state index contributed by atoms with van der Waals surface area (Å²) in [5.74, 6) is 0.584. The highest BCUT2D eigenvalue weighted by molar-refractivity contribution is 7.91. The first-order valence-corrected chi connectivity index (χ1v) is 13.3. The van der Waals surface area contributed by atoms with Crippen LogP contribution < -0.4 is 24.7 Å². The van der Waals surface area contributed by atoms with Gasteiger partial charge in [0.25, 0.3) is 5.91 Å². The van der Waals surface area contributed by atoms with Crippen LogP contribution in [0.1, 0.15) is 46.6 Å². The summed E-state index contributed by atoms with van der Waals surface area (Å²) >= 11 is 0. The molecule has 0 spiro atoms. The Morgan fingerprint density at radius 2 is 1.73 bits per heavy atom. The molecule has 11 heteroatoms. The Kier molecular flexibility index (Phi) is 10.3. The van der Waals surface area contributed by atoms with E-state index in [0.717, 1.165) is 0 Å². The van der Waals surface area contributed by atoms with Gasteiger partial charge in [-0.1, -0.05) is 26.0 Å². The molecule has 0 bridgehead atoms. The average molecular weight is 536 g/mol. The molecule has 2 atom stereocenters. The Labute approximate surface area is 219 Å². The molecule has 0 saturated carbocycles. The van der Waals surface area contributed by atoms with Gasteiger partial charge in [0.2, 0.25) is 0 Å². The number of benzene rings is 2. The first kappa shape index (κ1) is 29.9. The van der Waals surface area contributed by atoms with Crippen LogP contribution in [0.3, 0.4) is 0 Å². The van der Waals surface area contributed by atoms with Gasteiger partial charge in [-0.15, -0.1) is 4.36 Å². The van der Waals surface area contributed by atoms with E-state index >= 15 is 0 Å². The number of nitrogens with two attached hydrogens (primary N) is 1. The predicted octanol–water partition coefficient (Wildman–Crippen LogP) is 4.45. The van der Waals surface area contributed by atoms with Crippen LogP contribution >= 0.6 is 0 Å². The van der Waals surface area contributed by atoms with Crippen LogP contribution in [0.25, 0.3) is 0 Å². The second-order valence-corrected chi connectivity index (χ2v) is 11.5. The number of amides is 2. The summed E-state index contributed by atoms with van der Waals surface area (Å²) in [7, 11) is -0.631. The first-order valence-electron chi connectivity index (χ1n) is 11.8. The molecular weight excluding hydrogens is 498 g/mol. The van der Waals surface area contributed by atoms with Crippen LogP contribution in [-0.4, -0.2) is 42.1 Å². The van der Waals surface area contributed by atoms with E-state index in [9.17, 15) is 13.8 Å². The number of para-hydroxylation sites is 1. The van der Waals surface area contributed by atoms with Gasteiger partial charge in [0.1, 0.15) is 50.3 Å². The highest BCUT2D eigenvalue weighted by atomic mass is 32.2. The topological polar surface area (TPSA) is 139 Å². The molecule has 204 valence electrons. The summed E-state index contributed by atoms with van der Waals surface area (Å²) in [4.78, 5) is 25.4. The van der Waals surface area contributed by atoms with E-state index < -0.39 is 33.6 Å². The molecule has 0 aromatic heterocycles. The number of methoxy groups -OCH3 is 2. The third kappa shape index (κ3) is 9.25. The molecule has 2 amide bonds. The lowest BCUT2D eigenvalue weighted by molar-refractivity contribution is -0.120. The Balaban J connectivity index is 2.32. The fraction of sp³-hybridized carbons (Fsp3) is 0.462. The summed E-state index contributed by atoms with van der Waals surface area (Å²) in [6.07, 6.45) is -0.519. The maximum atomic E-state index is 13.5. The largest absolute Gasteiger partial charge is 0.497 e. The lowest BCUT2D eigenvalue weighted by atomic mass is 10.0. The molecule has 0 fully saturated rings. The van der Waals surface area contributed by atoms with Gasteiger partial charge in [-0.05, 0) is 57.4 Å². The van der Waals surface area contributed by atoms with E-state index in [1.165, 1.54) is 13.2 Å². The van der Waals surface area contributed by atoms with Crippen molar-refractivity contribution in [2.24, 2.45) is 15.4 Å². The molecule has 0 saturated heterocycles. The number of ether oxygens (including phenoxy) is 4. The number of hydrogen-bond acceptors (Lipinski definition) is 7. The van der Waals surface area contributed by atoms with Crippen molar-refractivity contribution in [1.82, 2.24) is 5.32 Å². The van der Waals surface area contributed by atoms with Gasteiger partial charge in [0, 0.05) is 11.6 Å². The monoisotopic (exact) mass is 535 g/mol. The van der Waals surface area contributed by atoms with E-state index in [2.05, 4.69) is 9.68 Å². The van der Waals surface area contributed by atoms with E-state index in [1.54, 1.807) is 64.3 Å². The molecule has 2 aromatic rings. The zero-order chi connectivity index (χ0) is 27.8. The number of nitrogens with one attached hydrogen (secondary N) is 1. The number of nitrogens with zero attached hydrogens (tertiary/aromatic N) is 1. The van der Waals surface area contributed by atoms with E-state index in [-0.39, 0.29) is 29.6 Å². The smallest absolute Gasteiger partial charge is 0.408 e. The Morgan fingerprint density at radius 3 is 2.32 bits per heavy atom. The number of carbonyl (C=O) groups is 2. The molecule has 0 radical (unpaired) electrons. The molecule has 1 unspecified atom stereocenters. The van der Waals surface area contributed by atoms with Crippen molar-refractivity contribution in [2.75, 3.05) is 14.2 Å². The maximum absolute atomic E-state index is 13.5. The maximum Gasteiger partial charge on any atom is 0.408 e. The summed E-state index contributed by atoms with van der Waals surface area (Å²) in [5, 5.41) is 8.60. The minimum absolute atomic E-state index is 0.0306. The van der Waals surface area contributed by atoms with Crippen LogP contribution in [-0.2, 0) is 26.1 Å². The van der Waals surface area contributed by atoms with Gasteiger partial charge >= 0.3 is 6.09 Å². The molecule has 2 rings (SSSR count). The average Bonchev–Trinajstić information content (AvgIpc) is 2.80. The van der Waals surface area contributed by atoms with E-state index in [4.69, 9.17) is 24.1 Å². The molecule has 37 heavy (non-hydrogen) atoms. The van der Waals surface area contributed by atoms with Crippen molar-refractivity contribution < 1.29 is 32.7 Å². The predicted molar refractivity (Wildman–Crippen MR) is 141 cm³/mol. The lowest BCUT2D eigenvalue weighted by Crippen LogP contribution is -2.44. The van der Waals surface area contributed by atoms with Crippen molar-refractivity contribution in [3.63, 3.8) is 0 Å². The number of rotatable bonds is 10. The summed E-state index contributed by atoms with van der Waals surface area (Å²) in [6.45, 7) is 8.97. The Hall–Kier alpha value is -3.31. The quantitative estimate of drug-likeness (QED) is 0.458. The van der Waals surface area contributed by atoms with Crippen molar-refractivity contribution >= 4 is 21.9 Å². The fourth-order valence-electron chi connectivity index (χ4n) is 3.33. The molecule has 2 aromatic carbocycles.